The number of rotatable bonds is 4. The van der Waals surface area contributed by atoms with E-state index in [1.807, 2.05) is 42.5 Å². The standard InChI is InChI=1S/C18H21N3O2.HI/c1-19-18(20-11-14-7-3-2-4-8-14)21-12-15-13-22-16-9-5-6-10-17(16)23-15;/h2-10,15H,11-13H2,1H3,(H2,19,20,21);1H. The molecular weight excluding hydrogens is 417 g/mol. The van der Waals surface area contributed by atoms with Crippen molar-refractivity contribution in [2.45, 2.75) is 12.6 Å². The van der Waals surface area contributed by atoms with Gasteiger partial charge in [0.1, 0.15) is 12.7 Å². The summed E-state index contributed by atoms with van der Waals surface area (Å²) in [4.78, 5) is 4.23. The van der Waals surface area contributed by atoms with Gasteiger partial charge in [-0.05, 0) is 17.7 Å². The van der Waals surface area contributed by atoms with Crippen LogP contribution in [0, 0.1) is 0 Å². The van der Waals surface area contributed by atoms with Gasteiger partial charge in [-0.1, -0.05) is 42.5 Å². The van der Waals surface area contributed by atoms with Crippen LogP contribution < -0.4 is 20.1 Å². The van der Waals surface area contributed by atoms with Crippen LogP contribution in [0.2, 0.25) is 0 Å². The van der Waals surface area contributed by atoms with Gasteiger partial charge >= 0.3 is 0 Å². The van der Waals surface area contributed by atoms with Crippen molar-refractivity contribution in [3.05, 3.63) is 60.2 Å². The zero-order valence-corrected chi connectivity index (χ0v) is 15.9. The van der Waals surface area contributed by atoms with Gasteiger partial charge in [-0.25, -0.2) is 0 Å². The van der Waals surface area contributed by atoms with Crippen molar-refractivity contribution in [3.63, 3.8) is 0 Å². The van der Waals surface area contributed by atoms with E-state index in [0.717, 1.165) is 24.0 Å². The van der Waals surface area contributed by atoms with Gasteiger partial charge in [-0.15, -0.1) is 24.0 Å². The Morgan fingerprint density at radius 2 is 1.75 bits per heavy atom. The van der Waals surface area contributed by atoms with Gasteiger partial charge in [0, 0.05) is 13.6 Å². The van der Waals surface area contributed by atoms with Gasteiger partial charge in [-0.2, -0.15) is 0 Å². The molecule has 3 rings (SSSR count). The van der Waals surface area contributed by atoms with E-state index in [-0.39, 0.29) is 30.1 Å². The maximum absolute atomic E-state index is 5.92. The molecule has 0 fully saturated rings. The molecule has 0 aliphatic carbocycles. The van der Waals surface area contributed by atoms with Crippen molar-refractivity contribution in [2.75, 3.05) is 20.2 Å². The molecule has 1 aliphatic heterocycles. The first-order valence-electron chi connectivity index (χ1n) is 7.72. The first-order valence-corrected chi connectivity index (χ1v) is 7.72. The lowest BCUT2D eigenvalue weighted by molar-refractivity contribution is 0.0936. The predicted molar refractivity (Wildman–Crippen MR) is 106 cm³/mol. The average molecular weight is 439 g/mol. The van der Waals surface area contributed by atoms with Crippen LogP contribution in [0.1, 0.15) is 5.56 Å². The fourth-order valence-electron chi connectivity index (χ4n) is 2.38. The summed E-state index contributed by atoms with van der Waals surface area (Å²) in [7, 11) is 1.76. The summed E-state index contributed by atoms with van der Waals surface area (Å²) in [6, 6.07) is 17.9. The average Bonchev–Trinajstić information content (AvgIpc) is 2.62. The van der Waals surface area contributed by atoms with Crippen LogP contribution in [0.5, 0.6) is 11.5 Å². The van der Waals surface area contributed by atoms with Gasteiger partial charge in [-0.3, -0.25) is 4.99 Å². The van der Waals surface area contributed by atoms with E-state index in [1.165, 1.54) is 5.56 Å². The Morgan fingerprint density at radius 3 is 2.50 bits per heavy atom. The second kappa shape index (κ2) is 9.36. The molecule has 2 N–H and O–H groups in total. The SMILES string of the molecule is CN=C(NCc1ccccc1)NCC1COc2ccccc2O1.I. The molecule has 24 heavy (non-hydrogen) atoms. The molecule has 0 spiro atoms. The van der Waals surface area contributed by atoms with E-state index in [9.17, 15) is 0 Å². The second-order valence-electron chi connectivity index (χ2n) is 5.29. The fraction of sp³-hybridized carbons (Fsp3) is 0.278. The van der Waals surface area contributed by atoms with Crippen LogP contribution in [0.4, 0.5) is 0 Å². The van der Waals surface area contributed by atoms with Crippen LogP contribution in [0.25, 0.3) is 0 Å². The van der Waals surface area contributed by atoms with Crippen LogP contribution in [0.3, 0.4) is 0 Å². The van der Waals surface area contributed by atoms with Crippen molar-refractivity contribution < 1.29 is 9.47 Å². The molecule has 0 amide bonds. The molecule has 0 radical (unpaired) electrons. The van der Waals surface area contributed by atoms with Gasteiger partial charge in [0.25, 0.3) is 0 Å². The molecule has 5 nitrogen and oxygen atoms in total. The fourth-order valence-corrected chi connectivity index (χ4v) is 2.38. The molecule has 0 aromatic heterocycles. The van der Waals surface area contributed by atoms with Crippen molar-refractivity contribution in [1.82, 2.24) is 10.6 Å². The molecule has 0 bridgehead atoms. The van der Waals surface area contributed by atoms with Crippen molar-refractivity contribution in [1.29, 1.82) is 0 Å². The third-order valence-corrected chi connectivity index (χ3v) is 3.59. The zero-order valence-electron chi connectivity index (χ0n) is 13.6. The van der Waals surface area contributed by atoms with E-state index in [4.69, 9.17) is 9.47 Å². The maximum atomic E-state index is 5.92. The number of nitrogens with one attached hydrogen (secondary N) is 2. The summed E-state index contributed by atoms with van der Waals surface area (Å²) < 4.78 is 11.6. The van der Waals surface area contributed by atoms with Gasteiger partial charge in [0.15, 0.2) is 17.5 Å². The Morgan fingerprint density at radius 1 is 1.04 bits per heavy atom. The second-order valence-corrected chi connectivity index (χ2v) is 5.29. The van der Waals surface area contributed by atoms with Gasteiger partial charge in [0.05, 0.1) is 6.54 Å². The minimum Gasteiger partial charge on any atom is -0.486 e. The summed E-state index contributed by atoms with van der Waals surface area (Å²) in [5, 5.41) is 6.56. The number of nitrogens with zero attached hydrogens (tertiary/aromatic N) is 1. The third kappa shape index (κ3) is 5.02. The van der Waals surface area contributed by atoms with Gasteiger partial charge in [0.2, 0.25) is 0 Å². The maximum Gasteiger partial charge on any atom is 0.191 e. The first-order chi connectivity index (χ1) is 11.3. The highest BCUT2D eigenvalue weighted by Crippen LogP contribution is 2.30. The van der Waals surface area contributed by atoms with Crippen molar-refractivity contribution in [3.8, 4) is 11.5 Å². The zero-order chi connectivity index (χ0) is 15.9. The van der Waals surface area contributed by atoms with Crippen LogP contribution in [-0.2, 0) is 6.54 Å². The summed E-state index contributed by atoms with van der Waals surface area (Å²) in [6.07, 6.45) is -0.0415. The molecule has 1 aliphatic rings. The number of benzene rings is 2. The van der Waals surface area contributed by atoms with E-state index in [0.29, 0.717) is 13.2 Å². The molecule has 1 heterocycles. The lowest BCUT2D eigenvalue weighted by atomic mass is 10.2. The lowest BCUT2D eigenvalue weighted by Gasteiger charge is -2.27. The number of hydrogen-bond acceptors (Lipinski definition) is 3. The van der Waals surface area contributed by atoms with Crippen molar-refractivity contribution >= 4 is 29.9 Å². The number of ether oxygens (including phenoxy) is 2. The molecule has 1 unspecified atom stereocenters. The number of aliphatic imine (C=N–C) groups is 1. The first kappa shape index (κ1) is 18.4. The summed E-state index contributed by atoms with van der Waals surface area (Å²) in [5.74, 6) is 2.34. The van der Waals surface area contributed by atoms with E-state index < -0.39 is 0 Å². The van der Waals surface area contributed by atoms with E-state index >= 15 is 0 Å². The summed E-state index contributed by atoms with van der Waals surface area (Å²) in [5.41, 5.74) is 1.21. The Labute approximate surface area is 159 Å². The highest BCUT2D eigenvalue weighted by Gasteiger charge is 2.20. The smallest absolute Gasteiger partial charge is 0.191 e. The number of halogens is 1. The molecule has 6 heteroatoms. The van der Waals surface area contributed by atoms with Crippen LogP contribution >= 0.6 is 24.0 Å². The molecule has 0 saturated carbocycles. The minimum atomic E-state index is -0.0415. The third-order valence-electron chi connectivity index (χ3n) is 3.59. The van der Waals surface area contributed by atoms with E-state index in [1.54, 1.807) is 7.05 Å². The van der Waals surface area contributed by atoms with Gasteiger partial charge < -0.3 is 20.1 Å². The monoisotopic (exact) mass is 439 g/mol. The molecule has 128 valence electrons. The van der Waals surface area contributed by atoms with Crippen LogP contribution in [0.15, 0.2) is 59.6 Å². The summed E-state index contributed by atoms with van der Waals surface area (Å²) >= 11 is 0. The minimum absolute atomic E-state index is 0. The largest absolute Gasteiger partial charge is 0.486 e. The number of fused-ring (bicyclic) bond motifs is 1. The number of guanidine groups is 1. The molecule has 0 saturated heterocycles. The molecule has 1 atom stereocenters. The topological polar surface area (TPSA) is 54.9 Å². The Bertz CT molecular complexity index is 664. The Balaban J connectivity index is 0.00000208. The Kier molecular flexibility index (Phi) is 7.17. The Hall–Kier alpha value is -1.96. The highest BCUT2D eigenvalue weighted by atomic mass is 127. The summed E-state index contributed by atoms with van der Waals surface area (Å²) in [6.45, 7) is 1.88. The van der Waals surface area contributed by atoms with E-state index in [2.05, 4.69) is 27.8 Å². The lowest BCUT2D eigenvalue weighted by Crippen LogP contribution is -2.45. The normalized spacial score (nSPS) is 16.0. The van der Waals surface area contributed by atoms with Crippen LogP contribution in [-0.4, -0.2) is 32.3 Å². The number of para-hydroxylation sites is 2. The molecule has 2 aromatic carbocycles. The number of hydrogen-bond donors (Lipinski definition) is 2. The predicted octanol–water partition coefficient (Wildman–Crippen LogP) is 2.81. The molecular formula is C18H22IN3O2. The quantitative estimate of drug-likeness (QED) is 0.437. The molecule has 2 aromatic rings. The highest BCUT2D eigenvalue weighted by molar-refractivity contribution is 14.0. The van der Waals surface area contributed by atoms with Crippen molar-refractivity contribution in [2.24, 2.45) is 4.99 Å².